The number of hydrogen-bond acceptors (Lipinski definition) is 3. The normalized spacial score (nSPS) is 22.8. The van der Waals surface area contributed by atoms with Crippen LogP contribution in [0.5, 0.6) is 0 Å². The van der Waals surface area contributed by atoms with Crippen molar-refractivity contribution in [2.75, 3.05) is 11.9 Å². The monoisotopic (exact) mass is 258 g/mol. The van der Waals surface area contributed by atoms with Crippen LogP contribution in [0.25, 0.3) is 0 Å². The topological polar surface area (TPSA) is 47.3 Å². The smallest absolute Gasteiger partial charge is 0.101 e. The van der Waals surface area contributed by atoms with Gasteiger partial charge in [0, 0.05) is 13.1 Å². The van der Waals surface area contributed by atoms with E-state index in [1.807, 2.05) is 12.1 Å². The van der Waals surface area contributed by atoms with Gasteiger partial charge in [0.1, 0.15) is 6.07 Å². The summed E-state index contributed by atoms with van der Waals surface area (Å²) < 4.78 is 0. The molecule has 3 heteroatoms. The Morgan fingerprint density at radius 1 is 1.32 bits per heavy atom. The maximum absolute atomic E-state index is 9.27. The van der Waals surface area contributed by atoms with Crippen molar-refractivity contribution in [1.29, 1.82) is 5.26 Å². The first-order chi connectivity index (χ1) is 9.15. The third kappa shape index (κ3) is 3.08. The Kier molecular flexibility index (Phi) is 4.44. The molecule has 1 aromatic rings. The van der Waals surface area contributed by atoms with E-state index in [1.54, 1.807) is 6.07 Å². The van der Waals surface area contributed by atoms with Crippen molar-refractivity contribution < 1.29 is 5.11 Å². The van der Waals surface area contributed by atoms with Crippen molar-refractivity contribution in [2.45, 2.75) is 45.3 Å². The van der Waals surface area contributed by atoms with Gasteiger partial charge in [0.25, 0.3) is 0 Å². The largest absolute Gasteiger partial charge is 0.392 e. The fourth-order valence-electron chi connectivity index (χ4n) is 2.91. The molecule has 1 aliphatic carbocycles. The number of aliphatic hydroxyl groups excluding tert-OH is 1. The molecule has 1 fully saturated rings. The second-order valence-corrected chi connectivity index (χ2v) is 5.65. The third-order valence-electron chi connectivity index (χ3n) is 4.28. The molecule has 1 aliphatic rings. The molecule has 0 amide bonds. The van der Waals surface area contributed by atoms with Gasteiger partial charge in [0.05, 0.1) is 17.9 Å². The van der Waals surface area contributed by atoms with Crippen LogP contribution in [0.1, 0.15) is 43.7 Å². The maximum Gasteiger partial charge on any atom is 0.101 e. The van der Waals surface area contributed by atoms with Gasteiger partial charge < -0.3 is 10.0 Å². The zero-order valence-corrected chi connectivity index (χ0v) is 11.8. The summed E-state index contributed by atoms with van der Waals surface area (Å²) in [6.07, 6.45) is 4.94. The molecular formula is C16H22N2O. The van der Waals surface area contributed by atoms with Crippen molar-refractivity contribution >= 4 is 5.69 Å². The number of benzene rings is 1. The molecule has 0 radical (unpaired) electrons. The van der Waals surface area contributed by atoms with Crippen molar-refractivity contribution in [3.63, 3.8) is 0 Å². The lowest BCUT2D eigenvalue weighted by molar-refractivity contribution is 0.282. The predicted octanol–water partition coefficient (Wildman–Crippen LogP) is 3.07. The molecule has 0 bridgehead atoms. The van der Waals surface area contributed by atoms with E-state index >= 15 is 0 Å². The highest BCUT2D eigenvalue weighted by atomic mass is 16.3. The highest BCUT2D eigenvalue weighted by molar-refractivity contribution is 5.60. The van der Waals surface area contributed by atoms with Crippen LogP contribution in [0, 0.1) is 17.2 Å². The quantitative estimate of drug-likeness (QED) is 0.906. The van der Waals surface area contributed by atoms with Crippen molar-refractivity contribution in [3.05, 3.63) is 29.3 Å². The van der Waals surface area contributed by atoms with Crippen LogP contribution >= 0.6 is 0 Å². The van der Waals surface area contributed by atoms with Crippen LogP contribution in [0.4, 0.5) is 5.69 Å². The van der Waals surface area contributed by atoms with Crippen LogP contribution < -0.4 is 4.90 Å². The summed E-state index contributed by atoms with van der Waals surface area (Å²) in [7, 11) is 2.08. The molecule has 0 saturated heterocycles. The fourth-order valence-corrected chi connectivity index (χ4v) is 2.91. The van der Waals surface area contributed by atoms with Crippen LogP contribution in [-0.4, -0.2) is 18.2 Å². The minimum Gasteiger partial charge on any atom is -0.392 e. The van der Waals surface area contributed by atoms with Gasteiger partial charge in [-0.25, -0.2) is 0 Å². The van der Waals surface area contributed by atoms with Gasteiger partial charge in [-0.05, 0) is 49.3 Å². The summed E-state index contributed by atoms with van der Waals surface area (Å²) in [5.74, 6) is 0.830. The van der Waals surface area contributed by atoms with Crippen molar-refractivity contribution in [1.82, 2.24) is 0 Å². The molecule has 0 aromatic heterocycles. The molecule has 0 spiro atoms. The van der Waals surface area contributed by atoms with E-state index in [1.165, 1.54) is 25.7 Å². The van der Waals surface area contributed by atoms with Gasteiger partial charge in [-0.3, -0.25) is 0 Å². The van der Waals surface area contributed by atoms with E-state index in [0.29, 0.717) is 11.6 Å². The van der Waals surface area contributed by atoms with Crippen LogP contribution in [-0.2, 0) is 6.61 Å². The molecule has 3 nitrogen and oxygen atoms in total. The Labute approximate surface area is 115 Å². The summed E-state index contributed by atoms with van der Waals surface area (Å²) in [6, 6.07) is 8.43. The summed E-state index contributed by atoms with van der Waals surface area (Å²) in [4.78, 5) is 2.24. The van der Waals surface area contributed by atoms with E-state index in [9.17, 15) is 5.26 Å². The average Bonchev–Trinajstić information content (AvgIpc) is 2.46. The van der Waals surface area contributed by atoms with E-state index in [-0.39, 0.29) is 6.61 Å². The molecule has 19 heavy (non-hydrogen) atoms. The second-order valence-electron chi connectivity index (χ2n) is 5.65. The first-order valence-electron chi connectivity index (χ1n) is 7.02. The minimum absolute atomic E-state index is 0.0143. The first-order valence-corrected chi connectivity index (χ1v) is 7.02. The Hall–Kier alpha value is -1.53. The molecule has 0 atom stereocenters. The molecule has 0 heterocycles. The Morgan fingerprint density at radius 3 is 2.58 bits per heavy atom. The Bertz CT molecular complexity index is 470. The van der Waals surface area contributed by atoms with Gasteiger partial charge in [-0.1, -0.05) is 13.0 Å². The zero-order chi connectivity index (χ0) is 13.8. The van der Waals surface area contributed by atoms with Gasteiger partial charge in [0.2, 0.25) is 0 Å². The molecule has 0 aliphatic heterocycles. The number of anilines is 1. The van der Waals surface area contributed by atoms with Crippen molar-refractivity contribution in [2.24, 2.45) is 5.92 Å². The summed E-state index contributed by atoms with van der Waals surface area (Å²) in [5.41, 5.74) is 2.44. The summed E-state index contributed by atoms with van der Waals surface area (Å²) in [6.45, 7) is 2.30. The highest BCUT2D eigenvalue weighted by Gasteiger charge is 2.23. The second kappa shape index (κ2) is 6.08. The van der Waals surface area contributed by atoms with Gasteiger partial charge >= 0.3 is 0 Å². The molecular weight excluding hydrogens is 236 g/mol. The van der Waals surface area contributed by atoms with Crippen LogP contribution in [0.2, 0.25) is 0 Å². The molecule has 1 N–H and O–H groups in total. The molecule has 2 rings (SSSR count). The van der Waals surface area contributed by atoms with E-state index in [4.69, 9.17) is 5.11 Å². The Morgan fingerprint density at radius 2 is 2.00 bits per heavy atom. The number of hydrogen-bond donors (Lipinski definition) is 1. The van der Waals surface area contributed by atoms with Gasteiger partial charge in [-0.15, -0.1) is 0 Å². The van der Waals surface area contributed by atoms with Crippen LogP contribution in [0.3, 0.4) is 0 Å². The highest BCUT2D eigenvalue weighted by Crippen LogP contribution is 2.31. The average molecular weight is 258 g/mol. The van der Waals surface area contributed by atoms with E-state index < -0.39 is 0 Å². The number of nitrogens with zero attached hydrogens (tertiary/aromatic N) is 2. The zero-order valence-electron chi connectivity index (χ0n) is 11.8. The molecule has 1 aromatic carbocycles. The predicted molar refractivity (Wildman–Crippen MR) is 76.9 cm³/mol. The lowest BCUT2D eigenvalue weighted by atomic mass is 9.86. The van der Waals surface area contributed by atoms with E-state index in [0.717, 1.165) is 17.2 Å². The minimum atomic E-state index is -0.0143. The number of aliphatic hydroxyl groups is 1. The summed E-state index contributed by atoms with van der Waals surface area (Å²) in [5, 5.41) is 18.4. The summed E-state index contributed by atoms with van der Waals surface area (Å²) >= 11 is 0. The van der Waals surface area contributed by atoms with Crippen LogP contribution in [0.15, 0.2) is 18.2 Å². The SMILES string of the molecule is CC1CCC(N(C)c2ccc(CO)cc2C#N)CC1. The lowest BCUT2D eigenvalue weighted by Gasteiger charge is -2.35. The first kappa shape index (κ1) is 13.9. The number of rotatable bonds is 3. The standard InChI is InChI=1S/C16H22N2O/c1-12-3-6-15(7-4-12)18(2)16-8-5-13(11-19)9-14(16)10-17/h5,8-9,12,15,19H,3-4,6-7,11H2,1-2H3. The maximum atomic E-state index is 9.27. The third-order valence-corrected chi connectivity index (χ3v) is 4.28. The fraction of sp³-hybridized carbons (Fsp3) is 0.562. The number of nitriles is 1. The van der Waals surface area contributed by atoms with Gasteiger partial charge in [0.15, 0.2) is 0 Å². The molecule has 102 valence electrons. The molecule has 1 saturated carbocycles. The van der Waals surface area contributed by atoms with E-state index in [2.05, 4.69) is 24.9 Å². The Balaban J connectivity index is 2.19. The lowest BCUT2D eigenvalue weighted by Crippen LogP contribution is -2.35. The van der Waals surface area contributed by atoms with Gasteiger partial charge in [-0.2, -0.15) is 5.26 Å². The molecule has 0 unspecified atom stereocenters. The van der Waals surface area contributed by atoms with Crippen molar-refractivity contribution in [3.8, 4) is 6.07 Å².